The van der Waals surface area contributed by atoms with E-state index in [0.29, 0.717) is 23.6 Å². The lowest BCUT2D eigenvalue weighted by atomic mass is 10.0. The number of aliphatic hydroxyl groups excluding tert-OH is 2. The number of hydrogen-bond donors (Lipinski definition) is 4. The number of nitrogens with one attached hydrogen (secondary N) is 2. The van der Waals surface area contributed by atoms with E-state index in [0.717, 1.165) is 18.2 Å². The van der Waals surface area contributed by atoms with Gasteiger partial charge in [-0.1, -0.05) is 11.6 Å². The van der Waals surface area contributed by atoms with Gasteiger partial charge >= 0.3 is 0 Å². The highest BCUT2D eigenvalue weighted by molar-refractivity contribution is 7.80. The number of benzene rings is 1. The molecule has 12 heteroatoms. The first-order valence-electron chi connectivity index (χ1n) is 10.0. The fourth-order valence-electron chi connectivity index (χ4n) is 3.95. The Kier molecular flexibility index (Phi) is 5.36. The van der Waals surface area contributed by atoms with E-state index in [4.69, 9.17) is 23.8 Å². The van der Waals surface area contributed by atoms with Crippen LogP contribution in [0.2, 0.25) is 5.15 Å². The minimum absolute atomic E-state index is 0.104. The summed E-state index contributed by atoms with van der Waals surface area (Å²) < 4.78 is 29.7. The zero-order chi connectivity index (χ0) is 22.6. The molecule has 2 fully saturated rings. The summed E-state index contributed by atoms with van der Waals surface area (Å²) in [6.45, 7) is 0.202. The van der Waals surface area contributed by atoms with Gasteiger partial charge in [-0.25, -0.2) is 18.3 Å². The van der Waals surface area contributed by atoms with Crippen LogP contribution >= 0.6 is 23.8 Å². The van der Waals surface area contributed by atoms with Crippen molar-refractivity contribution in [3.63, 3.8) is 0 Å². The molecule has 1 aromatic carbocycles. The maximum Gasteiger partial charge on any atom is 0.182 e. The summed E-state index contributed by atoms with van der Waals surface area (Å²) in [6.07, 6.45) is 1.33. The lowest BCUT2D eigenvalue weighted by Gasteiger charge is -2.26. The van der Waals surface area contributed by atoms with Gasteiger partial charge in [-0.15, -0.1) is 0 Å². The molecular formula is C20H19ClF2N6O2S. The van der Waals surface area contributed by atoms with Gasteiger partial charge < -0.3 is 25.7 Å². The molecule has 1 saturated heterocycles. The minimum Gasteiger partial charge on any atom is -0.391 e. The van der Waals surface area contributed by atoms with Crippen LogP contribution in [0.4, 0.5) is 20.3 Å². The number of thiocarbonyl (C=S) groups is 1. The predicted octanol–water partition coefficient (Wildman–Crippen LogP) is 2.39. The van der Waals surface area contributed by atoms with Gasteiger partial charge in [0.05, 0.1) is 24.3 Å². The van der Waals surface area contributed by atoms with Crippen LogP contribution < -0.4 is 15.5 Å². The SMILES string of the molecule is O[C@@H]1C[C@H](c2cc(F)ccc2F)N(c2ccn3nc(Cl)c(NC(=S)N[C@@H]4C[C@H]4O)c3n2)C1. The Balaban J connectivity index is 1.48. The molecule has 168 valence electrons. The number of halogens is 3. The second kappa shape index (κ2) is 8.07. The third-order valence-electron chi connectivity index (χ3n) is 5.63. The van der Waals surface area contributed by atoms with Crippen molar-refractivity contribution < 1.29 is 19.0 Å². The van der Waals surface area contributed by atoms with Gasteiger partial charge in [0.1, 0.15) is 23.1 Å². The number of fused-ring (bicyclic) bond motifs is 1. The van der Waals surface area contributed by atoms with E-state index in [1.165, 1.54) is 4.52 Å². The van der Waals surface area contributed by atoms with Crippen molar-refractivity contribution in [2.75, 3.05) is 16.8 Å². The molecule has 8 nitrogen and oxygen atoms in total. The molecule has 4 atom stereocenters. The van der Waals surface area contributed by atoms with Gasteiger partial charge in [0.15, 0.2) is 15.9 Å². The number of β-amino-alcohol motifs (C(OH)–C–C–N with tert-alkyl or cyclic N) is 1. The van der Waals surface area contributed by atoms with Crippen LogP contribution in [0, 0.1) is 11.6 Å². The van der Waals surface area contributed by atoms with Crippen molar-refractivity contribution in [3.05, 3.63) is 52.8 Å². The van der Waals surface area contributed by atoms with E-state index < -0.39 is 29.9 Å². The van der Waals surface area contributed by atoms with Crippen molar-refractivity contribution in [2.24, 2.45) is 0 Å². The van der Waals surface area contributed by atoms with Gasteiger partial charge in [0, 0.05) is 18.3 Å². The fraction of sp³-hybridized carbons (Fsp3) is 0.350. The molecular weight excluding hydrogens is 462 g/mol. The van der Waals surface area contributed by atoms with E-state index in [1.54, 1.807) is 17.2 Å². The maximum atomic E-state index is 14.5. The van der Waals surface area contributed by atoms with Gasteiger partial charge in [-0.2, -0.15) is 5.10 Å². The van der Waals surface area contributed by atoms with Gasteiger partial charge in [0.25, 0.3) is 0 Å². The standard InChI is InChI=1S/C20H19ClF2N6O2S/c21-18-17(26-20(32)24-13-7-15(13)31)19-25-16(3-4-29(19)27-18)28-8-10(30)6-14(28)11-5-9(22)1-2-12(11)23/h1-5,10,13-15,30-31H,6-8H2,(H2,24,26,32)/t10-,13-,14-,15-/m1/s1. The molecule has 1 saturated carbocycles. The fourth-order valence-corrected chi connectivity index (χ4v) is 4.41. The van der Waals surface area contributed by atoms with Gasteiger partial charge in [-0.05, 0) is 49.3 Å². The van der Waals surface area contributed by atoms with Crippen molar-refractivity contribution in [3.8, 4) is 0 Å². The number of anilines is 2. The molecule has 0 radical (unpaired) electrons. The maximum absolute atomic E-state index is 14.5. The number of aromatic nitrogens is 3. The minimum atomic E-state index is -0.728. The van der Waals surface area contributed by atoms with Crippen LogP contribution in [0.15, 0.2) is 30.5 Å². The third-order valence-corrected chi connectivity index (χ3v) is 6.11. The van der Waals surface area contributed by atoms with E-state index >= 15 is 0 Å². The molecule has 1 aliphatic carbocycles. The second-order valence-electron chi connectivity index (χ2n) is 7.95. The van der Waals surface area contributed by atoms with Crippen LogP contribution in [0.5, 0.6) is 0 Å². The highest BCUT2D eigenvalue weighted by Gasteiger charge is 2.36. The van der Waals surface area contributed by atoms with Crippen molar-refractivity contribution in [2.45, 2.75) is 37.1 Å². The molecule has 0 bridgehead atoms. The van der Waals surface area contributed by atoms with Crippen molar-refractivity contribution in [1.29, 1.82) is 0 Å². The predicted molar refractivity (Wildman–Crippen MR) is 119 cm³/mol. The second-order valence-corrected chi connectivity index (χ2v) is 8.72. The molecule has 0 amide bonds. The molecule has 2 aliphatic rings. The molecule has 0 unspecified atom stereocenters. The smallest absolute Gasteiger partial charge is 0.182 e. The van der Waals surface area contributed by atoms with Crippen LogP contribution in [0.1, 0.15) is 24.4 Å². The van der Waals surface area contributed by atoms with Crippen molar-refractivity contribution in [1.82, 2.24) is 19.9 Å². The van der Waals surface area contributed by atoms with E-state index in [-0.39, 0.29) is 34.8 Å². The number of hydrogen-bond acceptors (Lipinski definition) is 6. The average molecular weight is 481 g/mol. The summed E-state index contributed by atoms with van der Waals surface area (Å²) in [5, 5.41) is 30.3. The van der Waals surface area contributed by atoms with Crippen molar-refractivity contribution >= 4 is 46.1 Å². The molecule has 2 aromatic heterocycles. The first kappa shape index (κ1) is 21.3. The van der Waals surface area contributed by atoms with Crippen LogP contribution in [0.3, 0.4) is 0 Å². The summed E-state index contributed by atoms with van der Waals surface area (Å²) in [7, 11) is 0. The summed E-state index contributed by atoms with van der Waals surface area (Å²) >= 11 is 11.6. The normalized spacial score (nSPS) is 24.7. The Morgan fingerprint density at radius 1 is 1.22 bits per heavy atom. The Morgan fingerprint density at radius 3 is 2.75 bits per heavy atom. The topological polar surface area (TPSA) is 98.0 Å². The molecule has 32 heavy (non-hydrogen) atoms. The molecule has 3 heterocycles. The highest BCUT2D eigenvalue weighted by atomic mass is 35.5. The lowest BCUT2D eigenvalue weighted by molar-refractivity contribution is 0.194. The van der Waals surface area contributed by atoms with E-state index in [9.17, 15) is 19.0 Å². The summed E-state index contributed by atoms with van der Waals surface area (Å²) in [5.74, 6) is -0.661. The number of aliphatic hydroxyl groups is 2. The van der Waals surface area contributed by atoms with Gasteiger partial charge in [0.2, 0.25) is 0 Å². The van der Waals surface area contributed by atoms with Crippen LogP contribution in [0.25, 0.3) is 5.65 Å². The van der Waals surface area contributed by atoms with E-state index in [1.807, 2.05) is 0 Å². The zero-order valence-electron chi connectivity index (χ0n) is 16.5. The Hall–Kier alpha value is -2.60. The number of rotatable bonds is 4. The number of nitrogens with zero attached hydrogens (tertiary/aromatic N) is 4. The summed E-state index contributed by atoms with van der Waals surface area (Å²) in [6, 6.07) is 4.25. The Bertz CT molecular complexity index is 1210. The monoisotopic (exact) mass is 480 g/mol. The van der Waals surface area contributed by atoms with Crippen LogP contribution in [-0.2, 0) is 0 Å². The first-order valence-corrected chi connectivity index (χ1v) is 10.8. The Labute approximate surface area is 191 Å². The highest BCUT2D eigenvalue weighted by Crippen LogP contribution is 2.38. The third kappa shape index (κ3) is 3.96. The van der Waals surface area contributed by atoms with E-state index in [2.05, 4.69) is 20.7 Å². The summed E-state index contributed by atoms with van der Waals surface area (Å²) in [4.78, 5) is 6.34. The van der Waals surface area contributed by atoms with Crippen LogP contribution in [-0.4, -0.2) is 54.7 Å². The Morgan fingerprint density at radius 2 is 2.00 bits per heavy atom. The summed E-state index contributed by atoms with van der Waals surface area (Å²) in [5.41, 5.74) is 0.892. The molecule has 1 aliphatic heterocycles. The molecule has 0 spiro atoms. The first-order chi connectivity index (χ1) is 15.3. The largest absolute Gasteiger partial charge is 0.391 e. The molecule has 5 rings (SSSR count). The molecule has 3 aromatic rings. The lowest BCUT2D eigenvalue weighted by Crippen LogP contribution is -2.32. The quantitative estimate of drug-likeness (QED) is 0.423. The average Bonchev–Trinajstić information content (AvgIpc) is 3.15. The zero-order valence-corrected chi connectivity index (χ0v) is 18.1. The van der Waals surface area contributed by atoms with Gasteiger partial charge in [-0.3, -0.25) is 0 Å². The molecule has 4 N–H and O–H groups in total.